The van der Waals surface area contributed by atoms with Gasteiger partial charge in [-0.1, -0.05) is 0 Å². The molecule has 24 heavy (non-hydrogen) atoms. The van der Waals surface area contributed by atoms with Crippen LogP contribution in [0.2, 0.25) is 0 Å². The second kappa shape index (κ2) is 6.55. The lowest BCUT2D eigenvalue weighted by Gasteiger charge is -2.35. The smallest absolute Gasteiger partial charge is 0.225 e. The molecule has 4 rings (SSSR count). The highest BCUT2D eigenvalue weighted by Gasteiger charge is 2.53. The van der Waals surface area contributed by atoms with Crippen molar-refractivity contribution in [1.29, 1.82) is 0 Å². The van der Waals surface area contributed by atoms with Crippen LogP contribution in [0.5, 0.6) is 0 Å². The molecule has 1 atom stereocenters. The zero-order chi connectivity index (χ0) is 16.4. The van der Waals surface area contributed by atoms with Gasteiger partial charge in [0.15, 0.2) is 5.96 Å². The summed E-state index contributed by atoms with van der Waals surface area (Å²) in [5.74, 6) is 2.20. The quantitative estimate of drug-likeness (QED) is 0.650. The average Bonchev–Trinajstić information content (AvgIpc) is 3.32. The molecular weight excluding hydrogens is 304 g/mol. The molecule has 1 unspecified atom stereocenters. The maximum Gasteiger partial charge on any atom is 0.225 e. The highest BCUT2D eigenvalue weighted by molar-refractivity contribution is 5.78. The molecule has 130 valence electrons. The maximum absolute atomic E-state index is 6.23. The lowest BCUT2D eigenvalue weighted by molar-refractivity contribution is 0.0525. The monoisotopic (exact) mass is 330 g/mol. The standard InChI is InChI=1S/C17H26N6O/c18-15(21-13-14-12-17(14)2-10-24-11-3-17)22-6-8-23(9-7-22)16-19-4-1-5-20-16/h1,4-5,14H,2-3,6-13H2,(H2,18,21). The van der Waals surface area contributed by atoms with Crippen LogP contribution in [0.15, 0.2) is 23.5 Å². The van der Waals surface area contributed by atoms with Crippen molar-refractivity contribution < 1.29 is 4.74 Å². The first-order valence-corrected chi connectivity index (χ1v) is 8.91. The van der Waals surface area contributed by atoms with Crippen molar-refractivity contribution in [2.75, 3.05) is 50.8 Å². The van der Waals surface area contributed by atoms with Gasteiger partial charge in [-0.2, -0.15) is 0 Å². The molecule has 1 aliphatic carbocycles. The summed E-state index contributed by atoms with van der Waals surface area (Å²) in [6.45, 7) is 6.20. The Hall–Kier alpha value is -1.89. The van der Waals surface area contributed by atoms with E-state index < -0.39 is 0 Å². The summed E-state index contributed by atoms with van der Waals surface area (Å²) >= 11 is 0. The third-order valence-electron chi connectivity index (χ3n) is 5.76. The van der Waals surface area contributed by atoms with Gasteiger partial charge in [0.25, 0.3) is 0 Å². The van der Waals surface area contributed by atoms with Crippen LogP contribution >= 0.6 is 0 Å². The van der Waals surface area contributed by atoms with E-state index in [1.807, 2.05) is 6.07 Å². The van der Waals surface area contributed by atoms with E-state index in [-0.39, 0.29) is 0 Å². The molecule has 3 fully saturated rings. The van der Waals surface area contributed by atoms with Crippen LogP contribution in [0.25, 0.3) is 0 Å². The largest absolute Gasteiger partial charge is 0.381 e. The van der Waals surface area contributed by atoms with Gasteiger partial charge in [0.05, 0.1) is 0 Å². The molecule has 1 saturated carbocycles. The van der Waals surface area contributed by atoms with Crippen molar-refractivity contribution in [2.45, 2.75) is 19.3 Å². The molecule has 0 amide bonds. The second-order valence-corrected chi connectivity index (χ2v) is 7.10. The molecule has 3 aliphatic rings. The van der Waals surface area contributed by atoms with Crippen LogP contribution in [0.3, 0.4) is 0 Å². The van der Waals surface area contributed by atoms with Gasteiger partial charge in [-0.25, -0.2) is 9.97 Å². The van der Waals surface area contributed by atoms with E-state index in [9.17, 15) is 0 Å². The van der Waals surface area contributed by atoms with Gasteiger partial charge in [0.2, 0.25) is 5.95 Å². The summed E-state index contributed by atoms with van der Waals surface area (Å²) in [4.78, 5) is 17.7. The molecule has 0 radical (unpaired) electrons. The highest BCUT2D eigenvalue weighted by atomic mass is 16.5. The molecule has 7 nitrogen and oxygen atoms in total. The molecule has 0 bridgehead atoms. The predicted molar refractivity (Wildman–Crippen MR) is 92.9 cm³/mol. The Labute approximate surface area is 142 Å². The molecule has 7 heteroatoms. The van der Waals surface area contributed by atoms with Crippen molar-refractivity contribution in [3.63, 3.8) is 0 Å². The Morgan fingerprint density at radius 3 is 2.62 bits per heavy atom. The Morgan fingerprint density at radius 2 is 1.92 bits per heavy atom. The van der Waals surface area contributed by atoms with Crippen molar-refractivity contribution in [1.82, 2.24) is 14.9 Å². The maximum atomic E-state index is 6.23. The van der Waals surface area contributed by atoms with E-state index in [0.29, 0.717) is 17.3 Å². The van der Waals surface area contributed by atoms with Gasteiger partial charge in [0, 0.05) is 58.3 Å². The Bertz CT molecular complexity index is 578. The minimum Gasteiger partial charge on any atom is -0.381 e. The van der Waals surface area contributed by atoms with E-state index in [2.05, 4.69) is 24.8 Å². The van der Waals surface area contributed by atoms with Crippen molar-refractivity contribution in [3.05, 3.63) is 18.5 Å². The summed E-state index contributed by atoms with van der Waals surface area (Å²) in [7, 11) is 0. The zero-order valence-corrected chi connectivity index (χ0v) is 14.1. The van der Waals surface area contributed by atoms with Crippen LogP contribution < -0.4 is 10.6 Å². The minimum atomic E-state index is 0.519. The van der Waals surface area contributed by atoms with E-state index in [4.69, 9.17) is 10.5 Å². The number of nitrogens with zero attached hydrogens (tertiary/aromatic N) is 5. The van der Waals surface area contributed by atoms with Crippen LogP contribution in [-0.2, 0) is 4.74 Å². The molecule has 2 N–H and O–H groups in total. The number of anilines is 1. The minimum absolute atomic E-state index is 0.519. The van der Waals surface area contributed by atoms with Crippen LogP contribution in [0, 0.1) is 11.3 Å². The highest BCUT2D eigenvalue weighted by Crippen LogP contribution is 2.59. The number of piperazine rings is 1. The number of rotatable bonds is 3. The molecule has 1 spiro atoms. The fourth-order valence-electron chi connectivity index (χ4n) is 3.97. The first-order valence-electron chi connectivity index (χ1n) is 8.91. The normalized spacial score (nSPS) is 26.7. The van der Waals surface area contributed by atoms with Crippen LogP contribution in [-0.4, -0.2) is 66.8 Å². The lowest BCUT2D eigenvalue weighted by Crippen LogP contribution is -2.51. The number of hydrogen-bond acceptors (Lipinski definition) is 5. The number of nitrogens with two attached hydrogens (primary N) is 1. The molecule has 1 aromatic rings. The van der Waals surface area contributed by atoms with Gasteiger partial charge < -0.3 is 20.3 Å². The fraction of sp³-hybridized carbons (Fsp3) is 0.706. The summed E-state index contributed by atoms with van der Waals surface area (Å²) in [6, 6.07) is 1.84. The van der Waals surface area contributed by atoms with E-state index >= 15 is 0 Å². The molecular formula is C17H26N6O. The molecule has 2 saturated heterocycles. The molecule has 2 aliphatic heterocycles. The molecule has 3 heterocycles. The third kappa shape index (κ3) is 3.17. The lowest BCUT2D eigenvalue weighted by atomic mass is 9.94. The number of aliphatic imine (C=N–C) groups is 1. The Kier molecular flexibility index (Phi) is 4.26. The summed E-state index contributed by atoms with van der Waals surface area (Å²) < 4.78 is 5.48. The van der Waals surface area contributed by atoms with Crippen LogP contribution in [0.1, 0.15) is 19.3 Å². The first-order chi connectivity index (χ1) is 11.8. The predicted octanol–water partition coefficient (Wildman–Crippen LogP) is 0.730. The second-order valence-electron chi connectivity index (χ2n) is 7.10. The van der Waals surface area contributed by atoms with E-state index in [1.54, 1.807) is 12.4 Å². The van der Waals surface area contributed by atoms with Crippen LogP contribution in [0.4, 0.5) is 5.95 Å². The third-order valence-corrected chi connectivity index (χ3v) is 5.76. The zero-order valence-electron chi connectivity index (χ0n) is 14.1. The number of aromatic nitrogens is 2. The number of ether oxygens (including phenoxy) is 1. The molecule has 1 aromatic heterocycles. The van der Waals surface area contributed by atoms with Gasteiger partial charge in [-0.05, 0) is 36.7 Å². The molecule has 0 aromatic carbocycles. The fourth-order valence-corrected chi connectivity index (χ4v) is 3.97. The Balaban J connectivity index is 1.26. The summed E-state index contributed by atoms with van der Waals surface area (Å²) in [5, 5.41) is 0. The number of hydrogen-bond donors (Lipinski definition) is 1. The summed E-state index contributed by atoms with van der Waals surface area (Å²) in [6.07, 6.45) is 7.26. The number of guanidine groups is 1. The van der Waals surface area contributed by atoms with E-state index in [1.165, 1.54) is 19.3 Å². The topological polar surface area (TPSA) is 79.9 Å². The van der Waals surface area contributed by atoms with Crippen molar-refractivity contribution in [2.24, 2.45) is 22.1 Å². The van der Waals surface area contributed by atoms with Crippen molar-refractivity contribution in [3.8, 4) is 0 Å². The van der Waals surface area contributed by atoms with Gasteiger partial charge in [0.1, 0.15) is 0 Å². The van der Waals surface area contributed by atoms with Gasteiger partial charge >= 0.3 is 0 Å². The summed E-state index contributed by atoms with van der Waals surface area (Å²) in [5.41, 5.74) is 6.75. The van der Waals surface area contributed by atoms with E-state index in [0.717, 1.165) is 51.9 Å². The van der Waals surface area contributed by atoms with Crippen molar-refractivity contribution >= 4 is 11.9 Å². The first kappa shape index (κ1) is 15.6. The average molecular weight is 330 g/mol. The Morgan fingerprint density at radius 1 is 1.21 bits per heavy atom. The SMILES string of the molecule is NC(=NCC1CC12CCOCC2)N1CCN(c2ncccn2)CC1. The van der Waals surface area contributed by atoms with Gasteiger partial charge in [-0.3, -0.25) is 4.99 Å². The van der Waals surface area contributed by atoms with Gasteiger partial charge in [-0.15, -0.1) is 0 Å².